The quantitative estimate of drug-likeness (QED) is 0.390. The molecular formula is C14H24O2. The molecule has 2 atom stereocenters. The maximum atomic E-state index is 8.75. The highest BCUT2D eigenvalue weighted by Gasteiger charge is 2.36. The molecule has 1 rings (SSSR count). The van der Waals surface area contributed by atoms with E-state index in [-0.39, 0.29) is 18.8 Å². The minimum absolute atomic E-state index is 0.0725. The van der Waals surface area contributed by atoms with Crippen molar-refractivity contribution in [2.75, 3.05) is 6.61 Å². The van der Waals surface area contributed by atoms with E-state index in [9.17, 15) is 0 Å². The third-order valence-corrected chi connectivity index (χ3v) is 2.95. The molecule has 2 nitrogen and oxygen atoms in total. The summed E-state index contributed by atoms with van der Waals surface area (Å²) in [6, 6.07) is 0. The second-order valence-corrected chi connectivity index (χ2v) is 4.47. The van der Waals surface area contributed by atoms with Crippen LogP contribution in [0.15, 0.2) is 0 Å². The summed E-state index contributed by atoms with van der Waals surface area (Å²) in [6.45, 7) is 2.38. The van der Waals surface area contributed by atoms with Gasteiger partial charge in [0.1, 0.15) is 6.10 Å². The van der Waals surface area contributed by atoms with Crippen LogP contribution in [0.2, 0.25) is 0 Å². The first-order valence-electron chi connectivity index (χ1n) is 6.60. The monoisotopic (exact) mass is 224 g/mol. The molecule has 1 fully saturated rings. The van der Waals surface area contributed by atoms with E-state index in [1.807, 2.05) is 0 Å². The average molecular weight is 224 g/mol. The lowest BCUT2D eigenvalue weighted by molar-refractivity contribution is 0.242. The van der Waals surface area contributed by atoms with Crippen molar-refractivity contribution in [2.45, 2.75) is 70.5 Å². The van der Waals surface area contributed by atoms with Gasteiger partial charge in [0, 0.05) is 12.8 Å². The van der Waals surface area contributed by atoms with Gasteiger partial charge in [-0.2, -0.15) is 0 Å². The molecule has 0 bridgehead atoms. The van der Waals surface area contributed by atoms with Crippen LogP contribution in [0.4, 0.5) is 0 Å². The molecule has 0 radical (unpaired) electrons. The minimum atomic E-state index is 0.0725. The average Bonchev–Trinajstić information content (AvgIpc) is 3.05. The highest BCUT2D eigenvalue weighted by atomic mass is 16.6. The zero-order valence-corrected chi connectivity index (χ0v) is 10.4. The van der Waals surface area contributed by atoms with E-state index in [1.54, 1.807) is 0 Å². The number of epoxide rings is 1. The van der Waals surface area contributed by atoms with Gasteiger partial charge in [0.05, 0.1) is 12.7 Å². The number of aliphatic hydroxyl groups is 1. The van der Waals surface area contributed by atoms with Crippen molar-refractivity contribution in [1.29, 1.82) is 0 Å². The minimum Gasteiger partial charge on any atom is -0.394 e. The molecule has 92 valence electrons. The zero-order chi connectivity index (χ0) is 11.6. The van der Waals surface area contributed by atoms with E-state index in [2.05, 4.69) is 18.8 Å². The first kappa shape index (κ1) is 13.5. The number of aliphatic hydroxyl groups excluding tert-OH is 1. The Morgan fingerprint density at radius 1 is 1.00 bits per heavy atom. The van der Waals surface area contributed by atoms with Crippen LogP contribution in [0.25, 0.3) is 0 Å². The zero-order valence-electron chi connectivity index (χ0n) is 10.4. The predicted octanol–water partition coefficient (Wildman–Crippen LogP) is 2.89. The molecule has 1 saturated heterocycles. The molecule has 1 heterocycles. The van der Waals surface area contributed by atoms with Gasteiger partial charge in [-0.05, 0) is 6.42 Å². The number of rotatable bonds is 8. The molecule has 0 unspecified atom stereocenters. The third-order valence-electron chi connectivity index (χ3n) is 2.95. The SMILES string of the molecule is CCCCCCCCC#CC[C@H]1O[C@@H]1CO. The molecular weight excluding hydrogens is 200 g/mol. The lowest BCUT2D eigenvalue weighted by Gasteiger charge is -1.96. The fraction of sp³-hybridized carbons (Fsp3) is 0.857. The first-order chi connectivity index (χ1) is 7.88. The molecule has 0 amide bonds. The maximum Gasteiger partial charge on any atom is 0.108 e. The summed E-state index contributed by atoms with van der Waals surface area (Å²) in [7, 11) is 0. The highest BCUT2D eigenvalue weighted by Crippen LogP contribution is 2.23. The van der Waals surface area contributed by atoms with Gasteiger partial charge >= 0.3 is 0 Å². The fourth-order valence-corrected chi connectivity index (χ4v) is 1.77. The van der Waals surface area contributed by atoms with Gasteiger partial charge in [0.2, 0.25) is 0 Å². The largest absolute Gasteiger partial charge is 0.394 e. The fourth-order valence-electron chi connectivity index (χ4n) is 1.77. The van der Waals surface area contributed by atoms with E-state index in [4.69, 9.17) is 9.84 Å². The Labute approximate surface area is 99.4 Å². The normalized spacial score (nSPS) is 22.6. The van der Waals surface area contributed by atoms with Crippen LogP contribution < -0.4 is 0 Å². The maximum absolute atomic E-state index is 8.75. The van der Waals surface area contributed by atoms with Crippen LogP contribution in [-0.2, 0) is 4.74 Å². The first-order valence-corrected chi connectivity index (χ1v) is 6.60. The summed E-state index contributed by atoms with van der Waals surface area (Å²) in [5.74, 6) is 6.31. The molecule has 0 saturated carbocycles. The molecule has 1 aliphatic rings. The van der Waals surface area contributed by atoms with Crippen molar-refractivity contribution in [2.24, 2.45) is 0 Å². The Bertz CT molecular complexity index is 227. The summed E-state index contributed by atoms with van der Waals surface area (Å²) in [5.41, 5.74) is 0. The smallest absolute Gasteiger partial charge is 0.108 e. The van der Waals surface area contributed by atoms with E-state index in [1.165, 1.54) is 38.5 Å². The number of ether oxygens (including phenoxy) is 1. The lowest BCUT2D eigenvalue weighted by atomic mass is 10.1. The molecule has 16 heavy (non-hydrogen) atoms. The lowest BCUT2D eigenvalue weighted by Crippen LogP contribution is -1.97. The van der Waals surface area contributed by atoms with Crippen LogP contribution in [0.1, 0.15) is 58.3 Å². The van der Waals surface area contributed by atoms with Crippen LogP contribution in [-0.4, -0.2) is 23.9 Å². The summed E-state index contributed by atoms with van der Waals surface area (Å²) in [4.78, 5) is 0. The van der Waals surface area contributed by atoms with Crippen molar-refractivity contribution < 1.29 is 9.84 Å². The van der Waals surface area contributed by atoms with Crippen molar-refractivity contribution in [3.8, 4) is 11.8 Å². The second-order valence-electron chi connectivity index (χ2n) is 4.47. The topological polar surface area (TPSA) is 32.8 Å². The van der Waals surface area contributed by atoms with Crippen LogP contribution in [0, 0.1) is 11.8 Å². The van der Waals surface area contributed by atoms with Gasteiger partial charge in [-0.1, -0.05) is 39.0 Å². The molecule has 0 aliphatic carbocycles. The standard InChI is InChI=1S/C14H24O2/c1-2-3-4-5-6-7-8-9-10-11-13-14(12-15)16-13/h13-15H,2-8,11-12H2,1H3/t13-,14-/m1/s1. The van der Waals surface area contributed by atoms with Crippen molar-refractivity contribution >= 4 is 0 Å². The van der Waals surface area contributed by atoms with Crippen LogP contribution in [0.3, 0.4) is 0 Å². The number of hydrogen-bond donors (Lipinski definition) is 1. The summed E-state index contributed by atoms with van der Waals surface area (Å²) in [5, 5.41) is 8.75. The van der Waals surface area contributed by atoms with Gasteiger partial charge in [-0.25, -0.2) is 0 Å². The van der Waals surface area contributed by atoms with Gasteiger partial charge in [0.25, 0.3) is 0 Å². The van der Waals surface area contributed by atoms with Gasteiger partial charge in [0.15, 0.2) is 0 Å². The summed E-state index contributed by atoms with van der Waals surface area (Å²) in [6.07, 6.45) is 10.0. The molecule has 0 spiro atoms. The Balaban J connectivity index is 1.82. The Hall–Kier alpha value is -0.520. The van der Waals surface area contributed by atoms with E-state index in [0.717, 1.165) is 12.8 Å². The van der Waals surface area contributed by atoms with Crippen molar-refractivity contribution in [3.63, 3.8) is 0 Å². The Morgan fingerprint density at radius 3 is 2.44 bits per heavy atom. The second kappa shape index (κ2) is 8.61. The van der Waals surface area contributed by atoms with E-state index < -0.39 is 0 Å². The molecule has 1 N–H and O–H groups in total. The van der Waals surface area contributed by atoms with Gasteiger partial charge in [-0.3, -0.25) is 0 Å². The predicted molar refractivity (Wildman–Crippen MR) is 66.1 cm³/mol. The van der Waals surface area contributed by atoms with Crippen molar-refractivity contribution in [1.82, 2.24) is 0 Å². The highest BCUT2D eigenvalue weighted by molar-refractivity contribution is 5.04. The molecule has 2 heteroatoms. The van der Waals surface area contributed by atoms with E-state index >= 15 is 0 Å². The van der Waals surface area contributed by atoms with Gasteiger partial charge in [-0.15, -0.1) is 11.8 Å². The van der Waals surface area contributed by atoms with Crippen LogP contribution >= 0.6 is 0 Å². The number of hydrogen-bond acceptors (Lipinski definition) is 2. The van der Waals surface area contributed by atoms with Crippen molar-refractivity contribution in [3.05, 3.63) is 0 Å². The molecule has 0 aromatic carbocycles. The summed E-state index contributed by atoms with van der Waals surface area (Å²) >= 11 is 0. The van der Waals surface area contributed by atoms with E-state index in [0.29, 0.717) is 0 Å². The number of unbranched alkanes of at least 4 members (excludes halogenated alkanes) is 6. The molecule has 1 aliphatic heterocycles. The van der Waals surface area contributed by atoms with Crippen LogP contribution in [0.5, 0.6) is 0 Å². The molecule has 0 aromatic rings. The Kier molecular flexibility index (Phi) is 7.29. The summed E-state index contributed by atoms with van der Waals surface area (Å²) < 4.78 is 5.19. The van der Waals surface area contributed by atoms with Gasteiger partial charge < -0.3 is 9.84 Å². The third kappa shape index (κ3) is 6.15. The molecule has 0 aromatic heterocycles. The Morgan fingerprint density at radius 2 is 1.75 bits per heavy atom.